The Morgan fingerprint density at radius 1 is 1.12 bits per heavy atom. The standard InChI is InChI=1S/C13H23NO2/c1-10(12(15)16-13(3,4)5)11(2)14-8-6-7-9-14/h6-9H2,1-5H3/b11-10+. The Labute approximate surface area is 98.5 Å². The molecule has 0 atom stereocenters. The van der Waals surface area contributed by atoms with Crippen molar-refractivity contribution in [1.82, 2.24) is 4.90 Å². The summed E-state index contributed by atoms with van der Waals surface area (Å²) in [5, 5.41) is 0. The quantitative estimate of drug-likeness (QED) is 0.534. The van der Waals surface area contributed by atoms with Gasteiger partial charge in [-0.1, -0.05) is 0 Å². The van der Waals surface area contributed by atoms with Gasteiger partial charge in [0, 0.05) is 18.8 Å². The van der Waals surface area contributed by atoms with Crippen LogP contribution in [0.2, 0.25) is 0 Å². The first kappa shape index (κ1) is 13.1. The van der Waals surface area contributed by atoms with E-state index in [1.165, 1.54) is 12.8 Å². The number of rotatable bonds is 2. The monoisotopic (exact) mass is 225 g/mol. The van der Waals surface area contributed by atoms with Crippen LogP contribution in [-0.2, 0) is 9.53 Å². The highest BCUT2D eigenvalue weighted by molar-refractivity contribution is 5.88. The van der Waals surface area contributed by atoms with Crippen LogP contribution in [0.15, 0.2) is 11.3 Å². The number of allylic oxidation sites excluding steroid dienone is 1. The van der Waals surface area contributed by atoms with Gasteiger partial charge < -0.3 is 9.64 Å². The van der Waals surface area contributed by atoms with Gasteiger partial charge in [-0.3, -0.25) is 0 Å². The van der Waals surface area contributed by atoms with Gasteiger partial charge in [0.25, 0.3) is 0 Å². The Bertz CT molecular complexity index is 294. The lowest BCUT2D eigenvalue weighted by Crippen LogP contribution is -2.27. The van der Waals surface area contributed by atoms with Crippen molar-refractivity contribution < 1.29 is 9.53 Å². The van der Waals surface area contributed by atoms with Crippen LogP contribution in [-0.4, -0.2) is 29.6 Å². The second-order valence-electron chi connectivity index (χ2n) is 5.41. The van der Waals surface area contributed by atoms with Gasteiger partial charge in [0.1, 0.15) is 5.60 Å². The fourth-order valence-corrected chi connectivity index (χ4v) is 1.79. The third-order valence-corrected chi connectivity index (χ3v) is 2.83. The minimum absolute atomic E-state index is 0.197. The highest BCUT2D eigenvalue weighted by Gasteiger charge is 2.21. The molecule has 0 N–H and O–H groups in total. The molecule has 1 heterocycles. The third kappa shape index (κ3) is 3.54. The van der Waals surface area contributed by atoms with Gasteiger partial charge in [-0.2, -0.15) is 0 Å². The SMILES string of the molecule is C/C(C(=O)OC(C)(C)C)=C(/C)N1CCCC1. The van der Waals surface area contributed by atoms with Gasteiger partial charge in [0.2, 0.25) is 0 Å². The van der Waals surface area contributed by atoms with Crippen LogP contribution in [0.25, 0.3) is 0 Å². The fraction of sp³-hybridized carbons (Fsp3) is 0.769. The fourth-order valence-electron chi connectivity index (χ4n) is 1.79. The zero-order valence-corrected chi connectivity index (χ0v) is 11.1. The van der Waals surface area contributed by atoms with E-state index < -0.39 is 5.60 Å². The Hall–Kier alpha value is -0.990. The minimum atomic E-state index is -0.413. The predicted molar refractivity (Wildman–Crippen MR) is 65.0 cm³/mol. The average Bonchev–Trinajstić information content (AvgIpc) is 2.65. The predicted octanol–water partition coefficient (Wildman–Crippen LogP) is 2.72. The maximum atomic E-state index is 11.9. The van der Waals surface area contributed by atoms with Crippen molar-refractivity contribution in [3.05, 3.63) is 11.3 Å². The summed E-state index contributed by atoms with van der Waals surface area (Å²) >= 11 is 0. The number of nitrogens with zero attached hydrogens (tertiary/aromatic N) is 1. The second kappa shape index (κ2) is 4.89. The number of hydrogen-bond donors (Lipinski definition) is 0. The van der Waals surface area contributed by atoms with E-state index in [0.29, 0.717) is 0 Å². The number of carbonyl (C=O) groups excluding carboxylic acids is 1. The molecule has 3 nitrogen and oxygen atoms in total. The van der Waals surface area contributed by atoms with Crippen LogP contribution in [0.4, 0.5) is 0 Å². The molecule has 0 bridgehead atoms. The normalized spacial score (nSPS) is 18.4. The van der Waals surface area contributed by atoms with Gasteiger partial charge in [0.15, 0.2) is 0 Å². The van der Waals surface area contributed by atoms with Crippen molar-refractivity contribution in [2.45, 2.75) is 53.1 Å². The molecule has 16 heavy (non-hydrogen) atoms. The Kier molecular flexibility index (Phi) is 4.00. The summed E-state index contributed by atoms with van der Waals surface area (Å²) in [5.74, 6) is -0.197. The zero-order valence-electron chi connectivity index (χ0n) is 11.1. The Morgan fingerprint density at radius 2 is 1.62 bits per heavy atom. The molecule has 0 spiro atoms. The van der Waals surface area contributed by atoms with Gasteiger partial charge in [-0.05, 0) is 47.5 Å². The molecular formula is C13H23NO2. The van der Waals surface area contributed by atoms with E-state index in [9.17, 15) is 4.79 Å². The molecule has 1 rings (SSSR count). The van der Waals surface area contributed by atoms with Gasteiger partial charge >= 0.3 is 5.97 Å². The first-order chi connectivity index (χ1) is 7.31. The summed E-state index contributed by atoms with van der Waals surface area (Å²) in [6.45, 7) is 11.7. The molecule has 0 amide bonds. The van der Waals surface area contributed by atoms with E-state index in [1.54, 1.807) is 0 Å². The Morgan fingerprint density at radius 3 is 2.06 bits per heavy atom. The maximum absolute atomic E-state index is 11.9. The van der Waals surface area contributed by atoms with Gasteiger partial charge in [0.05, 0.1) is 5.57 Å². The summed E-state index contributed by atoms with van der Waals surface area (Å²) < 4.78 is 5.36. The Balaban J connectivity index is 2.70. The summed E-state index contributed by atoms with van der Waals surface area (Å²) in [6.07, 6.45) is 2.44. The highest BCUT2D eigenvalue weighted by Crippen LogP contribution is 2.19. The molecule has 0 aliphatic carbocycles. The molecule has 0 unspecified atom stereocenters. The molecule has 0 radical (unpaired) electrons. The van der Waals surface area contributed by atoms with E-state index in [0.717, 1.165) is 24.4 Å². The van der Waals surface area contributed by atoms with Crippen LogP contribution < -0.4 is 0 Å². The number of likely N-dealkylation sites (tertiary alicyclic amines) is 1. The van der Waals surface area contributed by atoms with E-state index in [-0.39, 0.29) is 5.97 Å². The first-order valence-corrected chi connectivity index (χ1v) is 5.97. The summed E-state index contributed by atoms with van der Waals surface area (Å²) in [7, 11) is 0. The van der Waals surface area contributed by atoms with Crippen molar-refractivity contribution in [3.63, 3.8) is 0 Å². The summed E-state index contributed by atoms with van der Waals surface area (Å²) in [4.78, 5) is 14.1. The van der Waals surface area contributed by atoms with Crippen LogP contribution >= 0.6 is 0 Å². The van der Waals surface area contributed by atoms with Crippen LogP contribution in [0.3, 0.4) is 0 Å². The maximum Gasteiger partial charge on any atom is 0.335 e. The molecule has 1 aliphatic rings. The van der Waals surface area contributed by atoms with Crippen molar-refractivity contribution in [2.75, 3.05) is 13.1 Å². The summed E-state index contributed by atoms with van der Waals surface area (Å²) in [5.41, 5.74) is 1.38. The average molecular weight is 225 g/mol. The largest absolute Gasteiger partial charge is 0.457 e. The van der Waals surface area contributed by atoms with Crippen molar-refractivity contribution in [2.24, 2.45) is 0 Å². The molecule has 1 aliphatic heterocycles. The van der Waals surface area contributed by atoms with E-state index >= 15 is 0 Å². The molecule has 1 saturated heterocycles. The van der Waals surface area contributed by atoms with Crippen LogP contribution in [0.1, 0.15) is 47.5 Å². The molecule has 0 aromatic heterocycles. The lowest BCUT2D eigenvalue weighted by molar-refractivity contribution is -0.149. The highest BCUT2D eigenvalue weighted by atomic mass is 16.6. The zero-order chi connectivity index (χ0) is 12.3. The number of ether oxygens (including phenoxy) is 1. The van der Waals surface area contributed by atoms with Crippen molar-refractivity contribution >= 4 is 5.97 Å². The molecule has 0 aromatic rings. The summed E-state index contributed by atoms with van der Waals surface area (Å²) in [6, 6.07) is 0. The van der Waals surface area contributed by atoms with Crippen LogP contribution in [0.5, 0.6) is 0 Å². The smallest absolute Gasteiger partial charge is 0.335 e. The lowest BCUT2D eigenvalue weighted by atomic mass is 10.1. The van der Waals surface area contributed by atoms with Crippen molar-refractivity contribution in [3.8, 4) is 0 Å². The van der Waals surface area contributed by atoms with E-state index in [4.69, 9.17) is 4.74 Å². The number of carbonyl (C=O) groups is 1. The number of esters is 1. The van der Waals surface area contributed by atoms with E-state index in [1.807, 2.05) is 34.6 Å². The lowest BCUT2D eigenvalue weighted by Gasteiger charge is -2.23. The minimum Gasteiger partial charge on any atom is -0.457 e. The molecule has 0 saturated carbocycles. The topological polar surface area (TPSA) is 29.5 Å². The van der Waals surface area contributed by atoms with Crippen LogP contribution in [0, 0.1) is 0 Å². The first-order valence-electron chi connectivity index (χ1n) is 5.97. The molecule has 92 valence electrons. The third-order valence-electron chi connectivity index (χ3n) is 2.83. The molecule has 1 fully saturated rings. The number of hydrogen-bond acceptors (Lipinski definition) is 3. The van der Waals surface area contributed by atoms with Crippen molar-refractivity contribution in [1.29, 1.82) is 0 Å². The molecule has 3 heteroatoms. The molecule has 0 aromatic carbocycles. The van der Waals surface area contributed by atoms with Gasteiger partial charge in [-0.25, -0.2) is 4.79 Å². The van der Waals surface area contributed by atoms with E-state index in [2.05, 4.69) is 4.90 Å². The van der Waals surface area contributed by atoms with Gasteiger partial charge in [-0.15, -0.1) is 0 Å². The second-order valence-corrected chi connectivity index (χ2v) is 5.41. The molecular weight excluding hydrogens is 202 g/mol.